The van der Waals surface area contributed by atoms with Crippen molar-refractivity contribution < 1.29 is 34.1 Å². The van der Waals surface area contributed by atoms with Crippen LogP contribution in [0, 0.1) is 13.8 Å². The lowest BCUT2D eigenvalue weighted by Crippen LogP contribution is -2.28. The molecule has 2 amide bonds. The van der Waals surface area contributed by atoms with E-state index in [1.165, 1.54) is 18.2 Å². The maximum absolute atomic E-state index is 13.7. The van der Waals surface area contributed by atoms with Crippen LogP contribution in [0.25, 0.3) is 0 Å². The number of carbonyl (C=O) groups excluding carboxylic acids is 2. The van der Waals surface area contributed by atoms with Gasteiger partial charge in [-0.2, -0.15) is 0 Å². The standard InChI is InChI=1S/C33H28N2O7/c1-17-9-5-7-11-25(17)34-29(36)19-13-23-27(15-20(19)30(37)35-26-12-8-6-10-18(26)2)42-28-16-22(32(40)41)21(31(38)39)14-24(28)33(23,3)4/h5-16H,1-4H3,(H,34,36)(H,35,37)(H,38,39)(H,40,41). The molecule has 0 fully saturated rings. The zero-order valence-corrected chi connectivity index (χ0v) is 23.4. The van der Waals surface area contributed by atoms with Gasteiger partial charge < -0.3 is 25.6 Å². The Kier molecular flexibility index (Phi) is 7.03. The summed E-state index contributed by atoms with van der Waals surface area (Å²) in [7, 11) is 0. The van der Waals surface area contributed by atoms with Crippen molar-refractivity contribution in [3.05, 3.63) is 117 Å². The number of aryl methyl sites for hydroxylation is 2. The van der Waals surface area contributed by atoms with Crippen LogP contribution < -0.4 is 15.4 Å². The topological polar surface area (TPSA) is 142 Å². The van der Waals surface area contributed by atoms with E-state index >= 15 is 0 Å². The molecule has 42 heavy (non-hydrogen) atoms. The number of carboxylic acid groups (broad SMARTS) is 2. The largest absolute Gasteiger partial charge is 0.478 e. The third-order valence-electron chi connectivity index (χ3n) is 7.54. The van der Waals surface area contributed by atoms with Gasteiger partial charge in [0.2, 0.25) is 0 Å². The summed E-state index contributed by atoms with van der Waals surface area (Å²) in [5, 5.41) is 25.1. The number of carbonyl (C=O) groups is 4. The normalized spacial score (nSPS) is 12.8. The Bertz CT molecular complexity index is 1810. The van der Waals surface area contributed by atoms with Gasteiger partial charge in [0.15, 0.2) is 0 Å². The fourth-order valence-electron chi connectivity index (χ4n) is 5.10. The highest BCUT2D eigenvalue weighted by molar-refractivity contribution is 6.16. The molecule has 0 aliphatic carbocycles. The number of ether oxygens (including phenoxy) is 1. The number of nitrogens with one attached hydrogen (secondary N) is 2. The number of para-hydroxylation sites is 2. The lowest BCUT2D eigenvalue weighted by atomic mass is 9.74. The Morgan fingerprint density at radius 2 is 1.00 bits per heavy atom. The van der Waals surface area contributed by atoms with Crippen LogP contribution in [-0.2, 0) is 5.41 Å². The zero-order valence-electron chi connectivity index (χ0n) is 23.4. The van der Waals surface area contributed by atoms with Gasteiger partial charge in [0.25, 0.3) is 11.8 Å². The van der Waals surface area contributed by atoms with Gasteiger partial charge >= 0.3 is 11.9 Å². The summed E-state index contributed by atoms with van der Waals surface area (Å²) in [6.07, 6.45) is 0. The molecule has 0 saturated carbocycles. The van der Waals surface area contributed by atoms with Crippen molar-refractivity contribution in [3.8, 4) is 11.5 Å². The van der Waals surface area contributed by atoms with Crippen LogP contribution in [0.3, 0.4) is 0 Å². The minimum Gasteiger partial charge on any atom is -0.478 e. The summed E-state index contributed by atoms with van der Waals surface area (Å²) in [6.45, 7) is 7.33. The average Bonchev–Trinajstić information content (AvgIpc) is 2.94. The molecule has 4 N–H and O–H groups in total. The van der Waals surface area contributed by atoms with Gasteiger partial charge in [0.05, 0.1) is 22.3 Å². The van der Waals surface area contributed by atoms with Crippen LogP contribution >= 0.6 is 0 Å². The summed E-state index contributed by atoms with van der Waals surface area (Å²) in [4.78, 5) is 51.2. The molecule has 0 atom stereocenters. The summed E-state index contributed by atoms with van der Waals surface area (Å²) >= 11 is 0. The van der Waals surface area contributed by atoms with Gasteiger partial charge in [-0.15, -0.1) is 0 Å². The maximum atomic E-state index is 13.7. The van der Waals surface area contributed by atoms with Gasteiger partial charge in [0.1, 0.15) is 11.5 Å². The molecule has 4 aromatic rings. The van der Waals surface area contributed by atoms with E-state index in [-0.39, 0.29) is 28.2 Å². The molecule has 1 aliphatic rings. The fourth-order valence-corrected chi connectivity index (χ4v) is 5.10. The third-order valence-corrected chi connectivity index (χ3v) is 7.54. The lowest BCUT2D eigenvalue weighted by Gasteiger charge is -2.35. The van der Waals surface area contributed by atoms with Gasteiger partial charge in [0, 0.05) is 27.9 Å². The van der Waals surface area contributed by atoms with Crippen molar-refractivity contribution in [1.82, 2.24) is 0 Å². The Hall–Kier alpha value is -5.44. The van der Waals surface area contributed by atoms with Crippen LogP contribution in [0.2, 0.25) is 0 Å². The highest BCUT2D eigenvalue weighted by Crippen LogP contribution is 2.49. The monoisotopic (exact) mass is 564 g/mol. The number of benzene rings is 4. The van der Waals surface area contributed by atoms with Crippen molar-refractivity contribution in [1.29, 1.82) is 0 Å². The van der Waals surface area contributed by atoms with Crippen LogP contribution in [0.4, 0.5) is 11.4 Å². The minimum atomic E-state index is -1.41. The molecule has 0 aromatic heterocycles. The number of fused-ring (bicyclic) bond motifs is 2. The molecule has 5 rings (SSSR count). The Morgan fingerprint density at radius 1 is 0.619 bits per heavy atom. The van der Waals surface area contributed by atoms with E-state index in [9.17, 15) is 29.4 Å². The second kappa shape index (κ2) is 10.5. The molecule has 0 spiro atoms. The van der Waals surface area contributed by atoms with Crippen LogP contribution in [0.5, 0.6) is 11.5 Å². The molecular weight excluding hydrogens is 536 g/mol. The molecular formula is C33H28N2O7. The first kappa shape index (κ1) is 28.1. The summed E-state index contributed by atoms with van der Waals surface area (Å²) in [5.74, 6) is -3.47. The molecule has 0 saturated heterocycles. The van der Waals surface area contributed by atoms with Crippen molar-refractivity contribution >= 4 is 35.1 Å². The molecule has 1 heterocycles. The predicted octanol–water partition coefficient (Wildman–Crippen LogP) is 6.64. The second-order valence-electron chi connectivity index (χ2n) is 10.7. The van der Waals surface area contributed by atoms with E-state index in [4.69, 9.17) is 4.74 Å². The zero-order chi connectivity index (χ0) is 30.3. The van der Waals surface area contributed by atoms with Gasteiger partial charge in [-0.05, 0) is 61.4 Å². The Labute approximate surface area is 241 Å². The van der Waals surface area contributed by atoms with Gasteiger partial charge in [-0.1, -0.05) is 50.2 Å². The van der Waals surface area contributed by atoms with E-state index < -0.39 is 34.7 Å². The number of carboxylic acids is 2. The first-order valence-electron chi connectivity index (χ1n) is 13.1. The van der Waals surface area contributed by atoms with Crippen molar-refractivity contribution in [2.24, 2.45) is 0 Å². The third kappa shape index (κ3) is 4.96. The van der Waals surface area contributed by atoms with E-state index in [1.54, 1.807) is 30.3 Å². The Morgan fingerprint density at radius 3 is 1.45 bits per heavy atom. The van der Waals surface area contributed by atoms with E-state index in [0.717, 1.165) is 11.1 Å². The van der Waals surface area contributed by atoms with E-state index in [2.05, 4.69) is 10.6 Å². The summed E-state index contributed by atoms with van der Waals surface area (Å²) in [5.41, 5.74) is 2.18. The Balaban J connectivity index is 1.67. The number of hydrogen-bond donors (Lipinski definition) is 4. The SMILES string of the molecule is Cc1ccccc1NC(=O)c1cc2c(cc1C(=O)Nc1ccccc1C)C(C)(C)c1cc(C(=O)O)c(C(=O)O)cc1O2. The number of amides is 2. The van der Waals surface area contributed by atoms with Crippen LogP contribution in [0.1, 0.15) is 77.5 Å². The van der Waals surface area contributed by atoms with Gasteiger partial charge in [-0.3, -0.25) is 9.59 Å². The molecule has 4 aromatic carbocycles. The molecule has 9 heteroatoms. The summed E-state index contributed by atoms with van der Waals surface area (Å²) < 4.78 is 6.11. The molecule has 212 valence electrons. The van der Waals surface area contributed by atoms with E-state index in [0.29, 0.717) is 22.5 Å². The average molecular weight is 565 g/mol. The number of aromatic carboxylic acids is 2. The molecule has 0 bridgehead atoms. The first-order valence-corrected chi connectivity index (χ1v) is 13.1. The first-order chi connectivity index (χ1) is 19.9. The van der Waals surface area contributed by atoms with Crippen LogP contribution in [-0.4, -0.2) is 34.0 Å². The fraction of sp³-hybridized carbons (Fsp3) is 0.152. The molecule has 1 aliphatic heterocycles. The maximum Gasteiger partial charge on any atom is 0.336 e. The highest BCUT2D eigenvalue weighted by atomic mass is 16.5. The van der Waals surface area contributed by atoms with Crippen molar-refractivity contribution in [2.45, 2.75) is 33.1 Å². The lowest BCUT2D eigenvalue weighted by molar-refractivity contribution is 0.0651. The van der Waals surface area contributed by atoms with Gasteiger partial charge in [-0.25, -0.2) is 9.59 Å². The molecule has 9 nitrogen and oxygen atoms in total. The van der Waals surface area contributed by atoms with Crippen molar-refractivity contribution in [3.63, 3.8) is 0 Å². The smallest absolute Gasteiger partial charge is 0.336 e. The number of rotatable bonds is 6. The minimum absolute atomic E-state index is 0.0444. The second-order valence-corrected chi connectivity index (χ2v) is 10.7. The molecule has 0 unspecified atom stereocenters. The summed E-state index contributed by atoms with van der Waals surface area (Å²) in [6, 6.07) is 20.0. The highest BCUT2D eigenvalue weighted by Gasteiger charge is 2.38. The van der Waals surface area contributed by atoms with Crippen molar-refractivity contribution in [2.75, 3.05) is 10.6 Å². The van der Waals surface area contributed by atoms with E-state index in [1.807, 2.05) is 52.0 Å². The number of anilines is 2. The van der Waals surface area contributed by atoms with Crippen LogP contribution in [0.15, 0.2) is 72.8 Å². The molecule has 0 radical (unpaired) electrons. The predicted molar refractivity (Wildman–Crippen MR) is 157 cm³/mol. The quantitative estimate of drug-likeness (QED) is 0.206. The number of hydrogen-bond acceptors (Lipinski definition) is 5.